The van der Waals surface area contributed by atoms with Gasteiger partial charge in [-0.1, -0.05) is 12.8 Å². The lowest BCUT2D eigenvalue weighted by Crippen LogP contribution is -2.59. The SMILES string of the molecule is CC1(C)CC(O)CC(C)(C)N1.O=C(O)C1CCCCC1C(=O)O. The van der Waals surface area contributed by atoms with Crippen molar-refractivity contribution in [2.24, 2.45) is 11.8 Å². The molecule has 23 heavy (non-hydrogen) atoms. The van der Waals surface area contributed by atoms with Gasteiger partial charge in [0, 0.05) is 11.1 Å². The quantitative estimate of drug-likeness (QED) is 0.619. The molecule has 0 amide bonds. The number of aliphatic hydroxyl groups is 1. The van der Waals surface area contributed by atoms with E-state index < -0.39 is 23.8 Å². The minimum atomic E-state index is -0.970. The number of carbonyl (C=O) groups is 2. The minimum absolute atomic E-state index is 0.0845. The number of aliphatic carboxylic acids is 2. The molecule has 0 bridgehead atoms. The highest BCUT2D eigenvalue weighted by atomic mass is 16.4. The van der Waals surface area contributed by atoms with Gasteiger partial charge in [-0.25, -0.2) is 0 Å². The number of hydrogen-bond acceptors (Lipinski definition) is 4. The maximum atomic E-state index is 10.6. The third-order valence-corrected chi connectivity index (χ3v) is 4.57. The van der Waals surface area contributed by atoms with Crippen LogP contribution in [0.15, 0.2) is 0 Å². The van der Waals surface area contributed by atoms with E-state index in [4.69, 9.17) is 10.2 Å². The largest absolute Gasteiger partial charge is 0.481 e. The zero-order valence-corrected chi connectivity index (χ0v) is 14.6. The van der Waals surface area contributed by atoms with E-state index in [-0.39, 0.29) is 17.2 Å². The van der Waals surface area contributed by atoms with Gasteiger partial charge < -0.3 is 20.6 Å². The van der Waals surface area contributed by atoms with E-state index in [0.717, 1.165) is 25.7 Å². The summed E-state index contributed by atoms with van der Waals surface area (Å²) in [6, 6.07) is 0. The second-order valence-electron chi connectivity index (χ2n) is 8.13. The average molecular weight is 329 g/mol. The Bertz CT molecular complexity index is 395. The smallest absolute Gasteiger partial charge is 0.307 e. The van der Waals surface area contributed by atoms with Gasteiger partial charge in [-0.15, -0.1) is 0 Å². The van der Waals surface area contributed by atoms with E-state index in [1.54, 1.807) is 0 Å². The molecule has 1 saturated carbocycles. The van der Waals surface area contributed by atoms with Crippen molar-refractivity contribution in [3.63, 3.8) is 0 Å². The second kappa shape index (κ2) is 7.62. The normalized spacial score (nSPS) is 30.0. The minimum Gasteiger partial charge on any atom is -0.481 e. The van der Waals surface area contributed by atoms with Gasteiger partial charge in [0.1, 0.15) is 0 Å². The predicted molar refractivity (Wildman–Crippen MR) is 87.3 cm³/mol. The summed E-state index contributed by atoms with van der Waals surface area (Å²) in [5.41, 5.74) is 0.169. The van der Waals surface area contributed by atoms with Crippen molar-refractivity contribution in [2.75, 3.05) is 0 Å². The molecular weight excluding hydrogens is 298 g/mol. The van der Waals surface area contributed by atoms with E-state index in [1.807, 2.05) is 0 Å². The highest BCUT2D eigenvalue weighted by molar-refractivity contribution is 5.80. The zero-order chi connectivity index (χ0) is 17.8. The molecule has 134 valence electrons. The Labute approximate surface area is 138 Å². The van der Waals surface area contributed by atoms with Crippen LogP contribution in [0.25, 0.3) is 0 Å². The molecule has 2 atom stereocenters. The van der Waals surface area contributed by atoms with Gasteiger partial charge >= 0.3 is 11.9 Å². The average Bonchev–Trinajstić information content (AvgIpc) is 2.34. The molecule has 6 nitrogen and oxygen atoms in total. The molecule has 2 unspecified atom stereocenters. The van der Waals surface area contributed by atoms with Gasteiger partial charge in [-0.05, 0) is 53.4 Å². The summed E-state index contributed by atoms with van der Waals surface area (Å²) in [5.74, 6) is -3.28. The number of aliphatic hydroxyl groups excluding tert-OH is 1. The van der Waals surface area contributed by atoms with Crippen LogP contribution in [0.5, 0.6) is 0 Å². The van der Waals surface area contributed by atoms with Gasteiger partial charge in [-0.3, -0.25) is 9.59 Å². The van der Waals surface area contributed by atoms with Gasteiger partial charge in [-0.2, -0.15) is 0 Å². The Hall–Kier alpha value is -1.14. The highest BCUT2D eigenvalue weighted by Crippen LogP contribution is 2.30. The van der Waals surface area contributed by atoms with Crippen LogP contribution in [-0.4, -0.2) is 44.4 Å². The maximum absolute atomic E-state index is 10.6. The molecule has 0 spiro atoms. The van der Waals surface area contributed by atoms with E-state index in [9.17, 15) is 14.7 Å². The topological polar surface area (TPSA) is 107 Å². The maximum Gasteiger partial charge on any atom is 0.307 e. The molecule has 4 N–H and O–H groups in total. The van der Waals surface area contributed by atoms with E-state index in [1.165, 1.54) is 0 Å². The Morgan fingerprint density at radius 3 is 1.48 bits per heavy atom. The molecule has 2 rings (SSSR count). The van der Waals surface area contributed by atoms with Gasteiger partial charge in [0.15, 0.2) is 0 Å². The number of nitrogens with one attached hydrogen (secondary N) is 1. The fourth-order valence-corrected chi connectivity index (χ4v) is 3.99. The van der Waals surface area contributed by atoms with Crippen LogP contribution in [0, 0.1) is 11.8 Å². The van der Waals surface area contributed by atoms with Crippen LogP contribution in [0.1, 0.15) is 66.2 Å². The molecule has 0 aromatic rings. The highest BCUT2D eigenvalue weighted by Gasteiger charge is 2.37. The third-order valence-electron chi connectivity index (χ3n) is 4.57. The van der Waals surface area contributed by atoms with Crippen molar-refractivity contribution in [1.29, 1.82) is 0 Å². The molecule has 1 aliphatic carbocycles. The van der Waals surface area contributed by atoms with Crippen LogP contribution < -0.4 is 5.32 Å². The van der Waals surface area contributed by atoms with Crippen molar-refractivity contribution in [3.8, 4) is 0 Å². The molecule has 1 saturated heterocycles. The number of carboxylic acids is 2. The van der Waals surface area contributed by atoms with Crippen molar-refractivity contribution >= 4 is 11.9 Å². The first-order valence-corrected chi connectivity index (χ1v) is 8.36. The molecule has 6 heteroatoms. The monoisotopic (exact) mass is 329 g/mol. The summed E-state index contributed by atoms with van der Waals surface area (Å²) in [4.78, 5) is 21.2. The first-order valence-electron chi connectivity index (χ1n) is 8.36. The summed E-state index contributed by atoms with van der Waals surface area (Å²) in [5, 5.41) is 30.4. The van der Waals surface area contributed by atoms with Crippen LogP contribution in [0.4, 0.5) is 0 Å². The Morgan fingerprint density at radius 1 is 0.870 bits per heavy atom. The summed E-state index contributed by atoms with van der Waals surface area (Å²) < 4.78 is 0. The summed E-state index contributed by atoms with van der Waals surface area (Å²) in [6.45, 7) is 8.54. The van der Waals surface area contributed by atoms with Crippen LogP contribution in [0.3, 0.4) is 0 Å². The first kappa shape index (κ1) is 19.9. The van der Waals surface area contributed by atoms with Crippen molar-refractivity contribution in [3.05, 3.63) is 0 Å². The van der Waals surface area contributed by atoms with E-state index in [2.05, 4.69) is 33.0 Å². The molecule has 0 aromatic carbocycles. The fraction of sp³-hybridized carbons (Fsp3) is 0.882. The van der Waals surface area contributed by atoms with Crippen molar-refractivity contribution in [2.45, 2.75) is 83.4 Å². The van der Waals surface area contributed by atoms with Gasteiger partial charge in [0.25, 0.3) is 0 Å². The molecule has 1 heterocycles. The molecule has 0 aromatic heterocycles. The van der Waals surface area contributed by atoms with Crippen LogP contribution in [0.2, 0.25) is 0 Å². The van der Waals surface area contributed by atoms with Crippen LogP contribution in [-0.2, 0) is 9.59 Å². The van der Waals surface area contributed by atoms with Crippen LogP contribution >= 0.6 is 0 Å². The molecule has 1 aliphatic heterocycles. The standard InChI is InChI=1S/C9H19NO.C8H12O4/c1-8(2)5-7(11)6-9(3,4)10-8;9-7(10)5-3-1-2-4-6(5)8(11)12/h7,10-11H,5-6H2,1-4H3;5-6H,1-4H2,(H,9,10)(H,11,12). The van der Waals surface area contributed by atoms with Gasteiger partial charge in [0.05, 0.1) is 17.9 Å². The fourth-order valence-electron chi connectivity index (χ4n) is 3.99. The van der Waals surface area contributed by atoms with E-state index in [0.29, 0.717) is 12.8 Å². The summed E-state index contributed by atoms with van der Waals surface area (Å²) in [7, 11) is 0. The number of carboxylic acid groups (broad SMARTS) is 2. The zero-order valence-electron chi connectivity index (χ0n) is 14.6. The third kappa shape index (κ3) is 6.47. The number of hydrogen-bond donors (Lipinski definition) is 4. The Morgan fingerprint density at radius 2 is 1.22 bits per heavy atom. The number of piperidine rings is 1. The second-order valence-corrected chi connectivity index (χ2v) is 8.13. The molecule has 2 fully saturated rings. The molecule has 0 radical (unpaired) electrons. The summed E-state index contributed by atoms with van der Waals surface area (Å²) in [6.07, 6.45) is 4.26. The van der Waals surface area contributed by atoms with Crippen molar-refractivity contribution in [1.82, 2.24) is 5.32 Å². The number of rotatable bonds is 2. The lowest BCUT2D eigenvalue weighted by atomic mass is 9.79. The lowest BCUT2D eigenvalue weighted by molar-refractivity contribution is -0.155. The van der Waals surface area contributed by atoms with Crippen molar-refractivity contribution < 1.29 is 24.9 Å². The Balaban J connectivity index is 0.000000231. The molecule has 2 aliphatic rings. The summed E-state index contributed by atoms with van der Waals surface area (Å²) >= 11 is 0. The Kier molecular flexibility index (Phi) is 6.59. The molecular formula is C17H31NO5. The first-order chi connectivity index (χ1) is 10.4. The van der Waals surface area contributed by atoms with Gasteiger partial charge in [0.2, 0.25) is 0 Å². The predicted octanol–water partition coefficient (Wildman–Crippen LogP) is 2.25. The lowest BCUT2D eigenvalue weighted by Gasteiger charge is -2.44. The van der Waals surface area contributed by atoms with E-state index >= 15 is 0 Å².